The second kappa shape index (κ2) is 13.1. The van der Waals surface area contributed by atoms with Crippen LogP contribution in [0.25, 0.3) is 27.6 Å². The number of para-hydroxylation sites is 1. The summed E-state index contributed by atoms with van der Waals surface area (Å²) in [5, 5.41) is 2.26. The average Bonchev–Trinajstić information content (AvgIpc) is 3.67. The number of hydrogen-bond acceptors (Lipinski definition) is 4. The van der Waals surface area contributed by atoms with E-state index in [1.807, 2.05) is 12.3 Å². The molecule has 6 aromatic rings. The van der Waals surface area contributed by atoms with Crippen LogP contribution < -0.4 is 14.5 Å². The standard InChI is InChI=1S/C44H45N4O.Pt/c1-42(2,3)30-14-16-33(17-15-30)46-22-23-47(29-46)34-24-32(44(7,8)9)25-36(27-34)49-35-18-19-38-37-12-10-11-13-39(37)48(40(38)28-35)41-26-31(20-21-45-41)43(4,5)6;/h10-26,29H,1-9H3;/q-3;. The first kappa shape index (κ1) is 35.5. The summed E-state index contributed by atoms with van der Waals surface area (Å²) in [5.74, 6) is 2.13. The van der Waals surface area contributed by atoms with E-state index >= 15 is 0 Å². The summed E-state index contributed by atoms with van der Waals surface area (Å²) in [5.41, 5.74) is 7.73. The summed E-state index contributed by atoms with van der Waals surface area (Å²) in [6.45, 7) is 22.1. The summed E-state index contributed by atoms with van der Waals surface area (Å²) in [6.07, 6.45) is 6.04. The molecule has 260 valence electrons. The van der Waals surface area contributed by atoms with Gasteiger partial charge in [0.15, 0.2) is 0 Å². The molecule has 5 nitrogen and oxygen atoms in total. The Labute approximate surface area is 311 Å². The first-order chi connectivity index (χ1) is 23.1. The topological polar surface area (TPSA) is 33.5 Å². The van der Waals surface area contributed by atoms with Gasteiger partial charge in [0.05, 0.1) is 0 Å². The Bertz CT molecular complexity index is 2190. The molecular formula is C44H45N4OPt-3. The largest absolute Gasteiger partial charge is 0.509 e. The van der Waals surface area contributed by atoms with Crippen molar-refractivity contribution in [2.45, 2.75) is 78.6 Å². The zero-order valence-corrected chi connectivity index (χ0v) is 32.7. The third kappa shape index (κ3) is 6.98. The number of fused-ring (bicyclic) bond motifs is 3. The van der Waals surface area contributed by atoms with E-state index in [2.05, 4.69) is 187 Å². The van der Waals surface area contributed by atoms with Gasteiger partial charge in [-0.05, 0) is 75.5 Å². The molecule has 0 saturated heterocycles. The van der Waals surface area contributed by atoms with Crippen LogP contribution in [0.1, 0.15) is 79.0 Å². The number of rotatable bonds is 5. The van der Waals surface area contributed by atoms with Gasteiger partial charge >= 0.3 is 0 Å². The number of benzene rings is 4. The predicted octanol–water partition coefficient (Wildman–Crippen LogP) is 11.4. The van der Waals surface area contributed by atoms with E-state index in [0.717, 1.165) is 44.6 Å². The zero-order valence-electron chi connectivity index (χ0n) is 30.4. The van der Waals surface area contributed by atoms with E-state index in [1.54, 1.807) is 0 Å². The maximum atomic E-state index is 6.62. The minimum absolute atomic E-state index is 0. The summed E-state index contributed by atoms with van der Waals surface area (Å²) < 4.78 is 8.82. The fourth-order valence-electron chi connectivity index (χ4n) is 6.24. The predicted molar refractivity (Wildman–Crippen MR) is 204 cm³/mol. The summed E-state index contributed by atoms with van der Waals surface area (Å²) in [6, 6.07) is 37.1. The second-order valence-corrected chi connectivity index (χ2v) is 16.1. The van der Waals surface area contributed by atoms with Crippen molar-refractivity contribution in [3.63, 3.8) is 0 Å². The van der Waals surface area contributed by atoms with Gasteiger partial charge < -0.3 is 19.1 Å². The van der Waals surface area contributed by atoms with E-state index in [0.29, 0.717) is 11.5 Å². The molecule has 3 heterocycles. The van der Waals surface area contributed by atoms with Crippen molar-refractivity contribution in [2.24, 2.45) is 0 Å². The molecule has 0 aliphatic carbocycles. The van der Waals surface area contributed by atoms with Crippen LogP contribution in [-0.4, -0.2) is 9.55 Å². The molecule has 0 radical (unpaired) electrons. The summed E-state index contributed by atoms with van der Waals surface area (Å²) in [4.78, 5) is 9.05. The third-order valence-corrected chi connectivity index (χ3v) is 9.26. The Hall–Kier alpha value is -4.34. The molecule has 0 saturated carbocycles. The van der Waals surface area contributed by atoms with Crippen molar-refractivity contribution in [3.8, 4) is 17.3 Å². The maximum Gasteiger partial charge on any atom is 0.135 e. The number of nitrogens with zero attached hydrogens (tertiary/aromatic N) is 4. The van der Waals surface area contributed by atoms with E-state index in [1.165, 1.54) is 11.1 Å². The molecule has 0 N–H and O–H groups in total. The molecule has 0 spiro atoms. The van der Waals surface area contributed by atoms with Crippen molar-refractivity contribution in [1.82, 2.24) is 9.55 Å². The minimum Gasteiger partial charge on any atom is -0.509 e. The monoisotopic (exact) mass is 840 g/mol. The Kier molecular flexibility index (Phi) is 9.29. The number of ether oxygens (including phenoxy) is 1. The summed E-state index contributed by atoms with van der Waals surface area (Å²) in [7, 11) is 0. The molecule has 0 atom stereocenters. The normalized spacial score (nSPS) is 13.7. The first-order valence-electron chi connectivity index (χ1n) is 17.0. The third-order valence-electron chi connectivity index (χ3n) is 9.26. The molecule has 0 fully saturated rings. The van der Waals surface area contributed by atoms with Crippen LogP contribution in [0.15, 0.2) is 104 Å². The zero-order chi connectivity index (χ0) is 34.7. The Morgan fingerprint density at radius 2 is 1.30 bits per heavy atom. The molecular weight excluding hydrogens is 796 g/mol. The molecule has 0 bridgehead atoms. The Balaban J connectivity index is 0.00000432. The van der Waals surface area contributed by atoms with Crippen molar-refractivity contribution >= 4 is 33.2 Å². The number of hydrogen-bond donors (Lipinski definition) is 0. The van der Waals surface area contributed by atoms with Crippen LogP contribution in [0.2, 0.25) is 0 Å². The molecule has 0 amide bonds. The van der Waals surface area contributed by atoms with Gasteiger partial charge in [0, 0.05) is 50.0 Å². The molecule has 50 heavy (non-hydrogen) atoms. The molecule has 2 aromatic heterocycles. The van der Waals surface area contributed by atoms with Crippen LogP contribution in [0.5, 0.6) is 11.5 Å². The van der Waals surface area contributed by atoms with Gasteiger partial charge in [-0.2, -0.15) is 6.07 Å². The van der Waals surface area contributed by atoms with Crippen LogP contribution >= 0.6 is 0 Å². The number of pyridine rings is 1. The smallest absolute Gasteiger partial charge is 0.135 e. The van der Waals surface area contributed by atoms with Gasteiger partial charge in [-0.15, -0.1) is 53.6 Å². The maximum absolute atomic E-state index is 6.62. The summed E-state index contributed by atoms with van der Waals surface area (Å²) >= 11 is 0. The van der Waals surface area contributed by atoms with Gasteiger partial charge in [0.1, 0.15) is 5.82 Å². The van der Waals surface area contributed by atoms with Gasteiger partial charge in [-0.25, -0.2) is 4.98 Å². The van der Waals surface area contributed by atoms with Crippen molar-refractivity contribution < 1.29 is 25.8 Å². The van der Waals surface area contributed by atoms with Crippen LogP contribution in [0, 0.1) is 18.8 Å². The van der Waals surface area contributed by atoms with Gasteiger partial charge in [0.25, 0.3) is 0 Å². The van der Waals surface area contributed by atoms with E-state index in [9.17, 15) is 0 Å². The second-order valence-electron chi connectivity index (χ2n) is 16.1. The molecule has 1 aliphatic rings. The van der Waals surface area contributed by atoms with Gasteiger partial charge in [-0.1, -0.05) is 98.2 Å². The SMILES string of the molecule is CC(C)(C)c1ccc(N2C=CN(c3[c-]c(Oc4[c-]c5c(cc4)c4ccccc4n5-c4cc(C(C)(C)C)ccn4)cc(C(C)(C)C)c3)[CH-]2)cc1.[Pt]. The Morgan fingerprint density at radius 1 is 0.620 bits per heavy atom. The van der Waals surface area contributed by atoms with Gasteiger partial charge in [-0.3, -0.25) is 0 Å². The van der Waals surface area contributed by atoms with Crippen molar-refractivity contribution in [2.75, 3.05) is 9.80 Å². The van der Waals surface area contributed by atoms with Crippen molar-refractivity contribution in [1.29, 1.82) is 0 Å². The molecule has 1 aliphatic heterocycles. The van der Waals surface area contributed by atoms with E-state index in [4.69, 9.17) is 9.72 Å². The molecule has 0 unspecified atom stereocenters. The number of aromatic nitrogens is 2. The first-order valence-corrected chi connectivity index (χ1v) is 17.0. The van der Waals surface area contributed by atoms with E-state index < -0.39 is 0 Å². The quantitative estimate of drug-likeness (QED) is 0.162. The Morgan fingerprint density at radius 3 is 2.00 bits per heavy atom. The molecule has 7 rings (SSSR count). The van der Waals surface area contributed by atoms with E-state index in [-0.39, 0.29) is 37.3 Å². The van der Waals surface area contributed by atoms with Crippen LogP contribution in [-0.2, 0) is 37.3 Å². The van der Waals surface area contributed by atoms with Crippen LogP contribution in [0.4, 0.5) is 11.4 Å². The minimum atomic E-state index is -0.0995. The van der Waals surface area contributed by atoms with Gasteiger partial charge in [0.2, 0.25) is 0 Å². The average molecular weight is 841 g/mol. The molecule has 6 heteroatoms. The molecule has 4 aromatic carbocycles. The van der Waals surface area contributed by atoms with Crippen molar-refractivity contribution in [3.05, 3.63) is 139 Å². The fraction of sp³-hybridized carbons (Fsp3) is 0.273. The fourth-order valence-corrected chi connectivity index (χ4v) is 6.24. The number of anilines is 2. The van der Waals surface area contributed by atoms with Crippen LogP contribution in [0.3, 0.4) is 0 Å².